The van der Waals surface area contributed by atoms with Crippen LogP contribution in [0.3, 0.4) is 0 Å². The van der Waals surface area contributed by atoms with Crippen molar-refractivity contribution >= 4 is 5.82 Å². The van der Waals surface area contributed by atoms with Gasteiger partial charge in [0, 0.05) is 37.6 Å². The van der Waals surface area contributed by atoms with Gasteiger partial charge in [0.2, 0.25) is 0 Å². The molecule has 0 fully saturated rings. The van der Waals surface area contributed by atoms with E-state index in [1.807, 2.05) is 30.1 Å². The van der Waals surface area contributed by atoms with Crippen molar-refractivity contribution in [3.05, 3.63) is 42.9 Å². The van der Waals surface area contributed by atoms with E-state index < -0.39 is 0 Å². The standard InChI is InChI=1S/C18H22N6O/c1-3-14(19)11-24(2)17-6-7-20-18(23-17)15-8-12(4-5-16(15)25)13-9-21-22-10-13/h4-10,14,25H,3,11,19H2,1-2H3,(H,21,22)/t14-/m0/s1. The summed E-state index contributed by atoms with van der Waals surface area (Å²) in [6.45, 7) is 2.76. The third-order valence-electron chi connectivity index (χ3n) is 4.13. The van der Waals surface area contributed by atoms with Gasteiger partial charge in [-0.05, 0) is 30.2 Å². The molecule has 0 aliphatic heterocycles. The van der Waals surface area contributed by atoms with Gasteiger partial charge in [-0.1, -0.05) is 13.0 Å². The molecule has 2 aromatic heterocycles. The lowest BCUT2D eigenvalue weighted by Crippen LogP contribution is -2.35. The number of benzene rings is 1. The summed E-state index contributed by atoms with van der Waals surface area (Å²) in [7, 11) is 1.95. The summed E-state index contributed by atoms with van der Waals surface area (Å²) in [4.78, 5) is 10.9. The van der Waals surface area contributed by atoms with Crippen LogP contribution in [-0.2, 0) is 0 Å². The minimum Gasteiger partial charge on any atom is -0.507 e. The number of anilines is 1. The molecular weight excluding hydrogens is 316 g/mol. The van der Waals surface area contributed by atoms with Crippen LogP contribution < -0.4 is 10.6 Å². The summed E-state index contributed by atoms with van der Waals surface area (Å²) in [5, 5.41) is 17.0. The van der Waals surface area contributed by atoms with Gasteiger partial charge in [-0.25, -0.2) is 9.97 Å². The van der Waals surface area contributed by atoms with E-state index in [0.717, 1.165) is 23.4 Å². The molecule has 0 bridgehead atoms. The van der Waals surface area contributed by atoms with Crippen LogP contribution in [0.1, 0.15) is 13.3 Å². The SMILES string of the molecule is CC[C@H](N)CN(C)c1ccnc(-c2cc(-c3cn[nH]c3)ccc2O)n1. The van der Waals surface area contributed by atoms with Crippen molar-refractivity contribution in [2.75, 3.05) is 18.5 Å². The number of nitrogens with zero attached hydrogens (tertiary/aromatic N) is 4. The monoisotopic (exact) mass is 338 g/mol. The normalized spacial score (nSPS) is 12.1. The van der Waals surface area contributed by atoms with Gasteiger partial charge in [-0.3, -0.25) is 5.10 Å². The van der Waals surface area contributed by atoms with Crippen LogP contribution in [0.25, 0.3) is 22.5 Å². The maximum Gasteiger partial charge on any atom is 0.165 e. The minimum atomic E-state index is 0.0845. The molecule has 2 heterocycles. The van der Waals surface area contributed by atoms with Gasteiger partial charge in [-0.2, -0.15) is 5.10 Å². The van der Waals surface area contributed by atoms with E-state index in [4.69, 9.17) is 5.73 Å². The molecule has 0 spiro atoms. The van der Waals surface area contributed by atoms with E-state index in [1.54, 1.807) is 24.7 Å². The number of aromatic hydroxyl groups is 1. The van der Waals surface area contributed by atoms with E-state index in [9.17, 15) is 5.11 Å². The van der Waals surface area contributed by atoms with Crippen molar-refractivity contribution in [3.63, 3.8) is 0 Å². The van der Waals surface area contributed by atoms with Gasteiger partial charge >= 0.3 is 0 Å². The molecule has 0 radical (unpaired) electrons. The number of aromatic nitrogens is 4. The molecule has 0 saturated carbocycles. The van der Waals surface area contributed by atoms with Gasteiger partial charge in [0.15, 0.2) is 5.82 Å². The fraction of sp³-hybridized carbons (Fsp3) is 0.278. The second-order valence-corrected chi connectivity index (χ2v) is 6.01. The highest BCUT2D eigenvalue weighted by molar-refractivity contribution is 5.74. The van der Waals surface area contributed by atoms with Gasteiger partial charge in [0.1, 0.15) is 11.6 Å². The predicted molar refractivity (Wildman–Crippen MR) is 98.3 cm³/mol. The number of aromatic amines is 1. The minimum absolute atomic E-state index is 0.0845. The average molecular weight is 338 g/mol. The Kier molecular flexibility index (Phi) is 4.95. The summed E-state index contributed by atoms with van der Waals surface area (Å²) < 4.78 is 0. The Balaban J connectivity index is 1.94. The maximum atomic E-state index is 10.3. The van der Waals surface area contributed by atoms with Crippen LogP contribution in [0.15, 0.2) is 42.9 Å². The summed E-state index contributed by atoms with van der Waals surface area (Å²) in [6, 6.07) is 7.26. The van der Waals surface area contributed by atoms with Crippen molar-refractivity contribution in [3.8, 4) is 28.3 Å². The van der Waals surface area contributed by atoms with E-state index in [-0.39, 0.29) is 11.8 Å². The molecule has 3 rings (SSSR count). The van der Waals surface area contributed by atoms with Gasteiger partial charge in [-0.15, -0.1) is 0 Å². The fourth-order valence-corrected chi connectivity index (χ4v) is 2.57. The summed E-state index contributed by atoms with van der Waals surface area (Å²) in [5.74, 6) is 1.37. The maximum absolute atomic E-state index is 10.3. The first-order valence-electron chi connectivity index (χ1n) is 8.20. The second kappa shape index (κ2) is 7.31. The molecule has 0 saturated heterocycles. The Morgan fingerprint density at radius 3 is 2.84 bits per heavy atom. The van der Waals surface area contributed by atoms with Crippen LogP contribution in [0.2, 0.25) is 0 Å². The molecule has 0 aliphatic rings. The number of phenols is 1. The largest absolute Gasteiger partial charge is 0.507 e. The lowest BCUT2D eigenvalue weighted by Gasteiger charge is -2.22. The number of phenolic OH excluding ortho intramolecular Hbond substituents is 1. The number of hydrogen-bond acceptors (Lipinski definition) is 6. The van der Waals surface area contributed by atoms with Crippen molar-refractivity contribution in [1.82, 2.24) is 20.2 Å². The van der Waals surface area contributed by atoms with Crippen LogP contribution in [-0.4, -0.2) is 44.9 Å². The molecule has 25 heavy (non-hydrogen) atoms. The van der Waals surface area contributed by atoms with Gasteiger partial charge < -0.3 is 15.7 Å². The molecule has 1 atom stereocenters. The Labute approximate surface area is 146 Å². The zero-order chi connectivity index (χ0) is 17.8. The summed E-state index contributed by atoms with van der Waals surface area (Å²) in [6.07, 6.45) is 6.12. The highest BCUT2D eigenvalue weighted by Crippen LogP contribution is 2.32. The molecule has 4 N–H and O–H groups in total. The highest BCUT2D eigenvalue weighted by Gasteiger charge is 2.13. The topological polar surface area (TPSA) is 104 Å². The zero-order valence-corrected chi connectivity index (χ0v) is 14.3. The summed E-state index contributed by atoms with van der Waals surface area (Å²) >= 11 is 0. The van der Waals surface area contributed by atoms with E-state index >= 15 is 0 Å². The van der Waals surface area contributed by atoms with Crippen molar-refractivity contribution in [1.29, 1.82) is 0 Å². The number of nitrogens with two attached hydrogens (primary N) is 1. The van der Waals surface area contributed by atoms with E-state index in [1.165, 1.54) is 0 Å². The number of nitrogens with one attached hydrogen (secondary N) is 1. The molecule has 0 unspecified atom stereocenters. The van der Waals surface area contributed by atoms with Crippen molar-refractivity contribution in [2.45, 2.75) is 19.4 Å². The first-order chi connectivity index (χ1) is 12.1. The fourth-order valence-electron chi connectivity index (χ4n) is 2.57. The molecular formula is C18H22N6O. The Morgan fingerprint density at radius 2 is 2.12 bits per heavy atom. The van der Waals surface area contributed by atoms with E-state index in [2.05, 4.69) is 27.1 Å². The Bertz CT molecular complexity index is 833. The Morgan fingerprint density at radius 1 is 1.28 bits per heavy atom. The molecule has 130 valence electrons. The third-order valence-corrected chi connectivity index (χ3v) is 4.13. The molecule has 0 aliphatic carbocycles. The number of H-pyrrole nitrogens is 1. The first-order valence-corrected chi connectivity index (χ1v) is 8.20. The molecule has 1 aromatic carbocycles. The van der Waals surface area contributed by atoms with Crippen LogP contribution >= 0.6 is 0 Å². The van der Waals surface area contributed by atoms with E-state index in [0.29, 0.717) is 17.9 Å². The first kappa shape index (κ1) is 16.9. The van der Waals surface area contributed by atoms with Gasteiger partial charge in [0.25, 0.3) is 0 Å². The highest BCUT2D eigenvalue weighted by atomic mass is 16.3. The quantitative estimate of drug-likeness (QED) is 0.637. The molecule has 7 nitrogen and oxygen atoms in total. The molecule has 7 heteroatoms. The smallest absolute Gasteiger partial charge is 0.165 e. The zero-order valence-electron chi connectivity index (χ0n) is 14.3. The lowest BCUT2D eigenvalue weighted by atomic mass is 10.0. The third kappa shape index (κ3) is 3.77. The lowest BCUT2D eigenvalue weighted by molar-refractivity contribution is 0.477. The van der Waals surface area contributed by atoms with Crippen molar-refractivity contribution in [2.24, 2.45) is 5.73 Å². The second-order valence-electron chi connectivity index (χ2n) is 6.01. The predicted octanol–water partition coefficient (Wildman–Crippen LogP) is 2.41. The average Bonchev–Trinajstić information content (AvgIpc) is 3.16. The Hall–Kier alpha value is -2.93. The van der Waals surface area contributed by atoms with Crippen LogP contribution in [0, 0.1) is 0 Å². The number of hydrogen-bond donors (Lipinski definition) is 3. The summed E-state index contributed by atoms with van der Waals surface area (Å²) in [5.41, 5.74) is 8.46. The molecule has 0 amide bonds. The van der Waals surface area contributed by atoms with Crippen molar-refractivity contribution < 1.29 is 5.11 Å². The number of rotatable bonds is 6. The van der Waals surface area contributed by atoms with Crippen LogP contribution in [0.5, 0.6) is 5.75 Å². The van der Waals surface area contributed by atoms with Gasteiger partial charge in [0.05, 0.1) is 11.8 Å². The van der Waals surface area contributed by atoms with Crippen LogP contribution in [0.4, 0.5) is 5.82 Å². The number of likely N-dealkylation sites (N-methyl/N-ethyl adjacent to an activating group) is 1. The molecule has 3 aromatic rings.